The summed E-state index contributed by atoms with van der Waals surface area (Å²) in [4.78, 5) is 22.9. The predicted octanol–water partition coefficient (Wildman–Crippen LogP) is 4.17. The number of pyridine rings is 1. The second kappa shape index (κ2) is 8.83. The van der Waals surface area contributed by atoms with E-state index in [9.17, 15) is 4.79 Å². The first-order valence-electron chi connectivity index (χ1n) is 11.7. The molecule has 0 aliphatic carbocycles. The lowest BCUT2D eigenvalue weighted by molar-refractivity contribution is 0.157. The minimum absolute atomic E-state index is 0.0422. The number of H-pyrrole nitrogens is 1. The minimum atomic E-state index is -0.313. The fourth-order valence-electron chi connectivity index (χ4n) is 4.73. The zero-order chi connectivity index (χ0) is 24.8. The van der Waals surface area contributed by atoms with Crippen molar-refractivity contribution in [2.45, 2.75) is 37.8 Å². The van der Waals surface area contributed by atoms with Crippen LogP contribution in [-0.2, 0) is 12.3 Å². The maximum atomic E-state index is 13.6. The number of aromatic amines is 1. The number of benzene rings is 2. The van der Waals surface area contributed by atoms with Crippen LogP contribution in [0.15, 0.2) is 59.5 Å². The van der Waals surface area contributed by atoms with Crippen molar-refractivity contribution in [1.29, 1.82) is 0 Å². The molecule has 0 saturated heterocycles. The van der Waals surface area contributed by atoms with Crippen molar-refractivity contribution in [2.24, 2.45) is 0 Å². The SMILES string of the molecule is CC(Nc1ncc2c3[nH]nc(N)c3c(=O)n(-c3ccc(CCl)cc3)c2n1)[C@H]1CCc2ccccc2O1. The van der Waals surface area contributed by atoms with Crippen LogP contribution in [0.1, 0.15) is 24.5 Å². The summed E-state index contributed by atoms with van der Waals surface area (Å²) in [5.74, 6) is 1.82. The van der Waals surface area contributed by atoms with Crippen molar-refractivity contribution >= 4 is 45.3 Å². The summed E-state index contributed by atoms with van der Waals surface area (Å²) in [7, 11) is 0. The van der Waals surface area contributed by atoms with Crippen molar-refractivity contribution in [2.75, 3.05) is 11.1 Å². The van der Waals surface area contributed by atoms with Crippen LogP contribution in [0.4, 0.5) is 11.8 Å². The number of hydrogen-bond donors (Lipinski definition) is 3. The van der Waals surface area contributed by atoms with Crippen molar-refractivity contribution < 1.29 is 4.74 Å². The van der Waals surface area contributed by atoms with Gasteiger partial charge in [-0.15, -0.1) is 11.6 Å². The third-order valence-electron chi connectivity index (χ3n) is 6.67. The summed E-state index contributed by atoms with van der Waals surface area (Å²) in [5.41, 5.74) is 9.47. The third kappa shape index (κ3) is 3.72. The number of rotatable bonds is 5. The van der Waals surface area contributed by atoms with Crippen LogP contribution in [0.2, 0.25) is 0 Å². The summed E-state index contributed by atoms with van der Waals surface area (Å²) in [6.45, 7) is 2.04. The van der Waals surface area contributed by atoms with Gasteiger partial charge in [0.25, 0.3) is 5.56 Å². The number of para-hydroxylation sites is 1. The molecule has 36 heavy (non-hydrogen) atoms. The molecular formula is C26H24ClN7O2. The van der Waals surface area contributed by atoms with E-state index in [-0.39, 0.29) is 23.5 Å². The Morgan fingerprint density at radius 1 is 1.25 bits per heavy atom. The van der Waals surface area contributed by atoms with Gasteiger partial charge in [-0.2, -0.15) is 10.1 Å². The molecular weight excluding hydrogens is 478 g/mol. The fourth-order valence-corrected chi connectivity index (χ4v) is 4.91. The summed E-state index contributed by atoms with van der Waals surface area (Å²) in [6.07, 6.45) is 3.46. The summed E-state index contributed by atoms with van der Waals surface area (Å²) in [6, 6.07) is 15.5. The first-order chi connectivity index (χ1) is 17.5. The monoisotopic (exact) mass is 501 g/mol. The molecule has 0 radical (unpaired) electrons. The molecule has 4 N–H and O–H groups in total. The second-order valence-electron chi connectivity index (χ2n) is 8.97. The molecule has 6 rings (SSSR count). The first-order valence-corrected chi connectivity index (χ1v) is 12.3. The van der Waals surface area contributed by atoms with Crippen LogP contribution in [0, 0.1) is 0 Å². The Balaban J connectivity index is 1.42. The number of alkyl halides is 1. The van der Waals surface area contributed by atoms with E-state index in [4.69, 9.17) is 27.1 Å². The molecule has 5 aromatic rings. The van der Waals surface area contributed by atoms with Gasteiger partial charge in [-0.3, -0.25) is 14.5 Å². The number of fused-ring (bicyclic) bond motifs is 4. The standard InChI is InChI=1S/C26H24ClN7O2/c1-14(19-11-8-16-4-2-3-5-20(16)36-19)30-26-29-13-18-22-21(23(28)33-32-22)25(35)34(24(18)31-26)17-9-6-15(12-27)7-10-17/h2-7,9-10,13-14,19H,8,11-12H2,1H3,(H3,28,32,33)(H,29,30,31)/t14?,19-/m1/s1. The molecule has 10 heteroatoms. The molecule has 0 amide bonds. The number of ether oxygens (including phenoxy) is 1. The Morgan fingerprint density at radius 2 is 2.06 bits per heavy atom. The number of aryl methyl sites for hydroxylation is 1. The van der Waals surface area contributed by atoms with Crippen molar-refractivity contribution in [3.05, 3.63) is 76.2 Å². The van der Waals surface area contributed by atoms with Crippen LogP contribution in [0.5, 0.6) is 5.75 Å². The van der Waals surface area contributed by atoms with Gasteiger partial charge in [0, 0.05) is 12.1 Å². The average molecular weight is 502 g/mol. The van der Waals surface area contributed by atoms with E-state index in [0.717, 1.165) is 24.2 Å². The van der Waals surface area contributed by atoms with E-state index in [0.29, 0.717) is 39.5 Å². The van der Waals surface area contributed by atoms with Gasteiger partial charge in [-0.25, -0.2) is 4.98 Å². The topological polar surface area (TPSA) is 124 Å². The molecule has 2 atom stereocenters. The van der Waals surface area contributed by atoms with Crippen LogP contribution in [0.25, 0.3) is 27.6 Å². The number of aromatic nitrogens is 5. The minimum Gasteiger partial charge on any atom is -0.488 e. The van der Waals surface area contributed by atoms with Gasteiger partial charge in [0.15, 0.2) is 11.5 Å². The van der Waals surface area contributed by atoms with E-state index in [2.05, 4.69) is 26.6 Å². The van der Waals surface area contributed by atoms with Gasteiger partial charge in [0.05, 0.1) is 22.6 Å². The molecule has 2 aromatic carbocycles. The van der Waals surface area contributed by atoms with E-state index >= 15 is 0 Å². The third-order valence-corrected chi connectivity index (χ3v) is 6.98. The zero-order valence-corrected chi connectivity index (χ0v) is 20.3. The maximum Gasteiger partial charge on any atom is 0.270 e. The lowest BCUT2D eigenvalue weighted by Gasteiger charge is -2.30. The van der Waals surface area contributed by atoms with Crippen molar-refractivity contribution in [1.82, 2.24) is 24.7 Å². The Labute approximate surface area is 211 Å². The van der Waals surface area contributed by atoms with E-state index in [1.165, 1.54) is 10.1 Å². The van der Waals surface area contributed by atoms with Crippen LogP contribution in [-0.4, -0.2) is 36.9 Å². The molecule has 0 fully saturated rings. The second-order valence-corrected chi connectivity index (χ2v) is 9.23. The summed E-state index contributed by atoms with van der Waals surface area (Å²) in [5, 5.41) is 11.2. The number of nitrogens with two attached hydrogens (primary N) is 1. The molecule has 0 spiro atoms. The average Bonchev–Trinajstić information content (AvgIpc) is 3.30. The number of anilines is 2. The molecule has 1 unspecified atom stereocenters. The van der Waals surface area contributed by atoms with Gasteiger partial charge in [-0.1, -0.05) is 30.3 Å². The predicted molar refractivity (Wildman–Crippen MR) is 141 cm³/mol. The van der Waals surface area contributed by atoms with E-state index < -0.39 is 0 Å². The van der Waals surface area contributed by atoms with Gasteiger partial charge in [0.1, 0.15) is 17.2 Å². The van der Waals surface area contributed by atoms with Crippen LogP contribution < -0.4 is 21.3 Å². The highest BCUT2D eigenvalue weighted by molar-refractivity contribution is 6.17. The largest absolute Gasteiger partial charge is 0.488 e. The molecule has 1 aliphatic rings. The van der Waals surface area contributed by atoms with Crippen LogP contribution in [0.3, 0.4) is 0 Å². The number of nitrogen functional groups attached to an aromatic ring is 1. The van der Waals surface area contributed by atoms with Crippen LogP contribution >= 0.6 is 11.6 Å². The van der Waals surface area contributed by atoms with E-state index in [1.807, 2.05) is 49.4 Å². The molecule has 3 aromatic heterocycles. The number of hydrogen-bond acceptors (Lipinski definition) is 7. The molecule has 182 valence electrons. The Morgan fingerprint density at radius 3 is 2.86 bits per heavy atom. The molecule has 1 aliphatic heterocycles. The number of halogens is 1. The van der Waals surface area contributed by atoms with Crippen molar-refractivity contribution in [3.63, 3.8) is 0 Å². The van der Waals surface area contributed by atoms with Gasteiger partial charge in [-0.05, 0) is 49.1 Å². The zero-order valence-electron chi connectivity index (χ0n) is 19.5. The highest BCUT2D eigenvalue weighted by Crippen LogP contribution is 2.29. The Bertz CT molecular complexity index is 1640. The normalized spacial score (nSPS) is 16.0. The lowest BCUT2D eigenvalue weighted by Crippen LogP contribution is -2.38. The van der Waals surface area contributed by atoms with E-state index in [1.54, 1.807) is 6.20 Å². The van der Waals surface area contributed by atoms with Crippen molar-refractivity contribution in [3.8, 4) is 11.4 Å². The molecule has 0 saturated carbocycles. The number of nitrogens with one attached hydrogen (secondary N) is 2. The molecule has 0 bridgehead atoms. The quantitative estimate of drug-likeness (QED) is 0.309. The lowest BCUT2D eigenvalue weighted by atomic mass is 9.98. The van der Waals surface area contributed by atoms with Gasteiger partial charge < -0.3 is 15.8 Å². The van der Waals surface area contributed by atoms with Gasteiger partial charge >= 0.3 is 0 Å². The fraction of sp³-hybridized carbons (Fsp3) is 0.231. The molecule has 4 heterocycles. The summed E-state index contributed by atoms with van der Waals surface area (Å²) < 4.78 is 7.77. The highest BCUT2D eigenvalue weighted by Gasteiger charge is 2.26. The Kier molecular flexibility index (Phi) is 5.49. The first kappa shape index (κ1) is 22.4. The highest BCUT2D eigenvalue weighted by atomic mass is 35.5. The maximum absolute atomic E-state index is 13.6. The molecule has 9 nitrogen and oxygen atoms in total. The Hall–Kier alpha value is -4.11. The number of nitrogens with zero attached hydrogens (tertiary/aromatic N) is 4. The smallest absolute Gasteiger partial charge is 0.270 e. The van der Waals surface area contributed by atoms with Gasteiger partial charge in [0.2, 0.25) is 5.95 Å². The summed E-state index contributed by atoms with van der Waals surface area (Å²) >= 11 is 5.96.